The highest BCUT2D eigenvalue weighted by molar-refractivity contribution is 5.72. The Bertz CT molecular complexity index is 575. The van der Waals surface area contributed by atoms with E-state index >= 15 is 0 Å². The molecule has 0 N–H and O–H groups in total. The second-order valence-electron chi connectivity index (χ2n) is 5.36. The van der Waals surface area contributed by atoms with Crippen LogP contribution >= 0.6 is 0 Å². The van der Waals surface area contributed by atoms with Crippen LogP contribution in [-0.2, 0) is 17.6 Å². The van der Waals surface area contributed by atoms with Crippen molar-refractivity contribution in [2.75, 3.05) is 4.90 Å². The summed E-state index contributed by atoms with van der Waals surface area (Å²) in [5.41, 5.74) is 5.45. The average Bonchev–Trinajstić information content (AvgIpc) is 3.18. The molecule has 2 aromatic rings. The third-order valence-corrected chi connectivity index (χ3v) is 4.10. The van der Waals surface area contributed by atoms with Crippen LogP contribution in [0.15, 0.2) is 48.5 Å². The molecule has 0 bridgehead atoms. The molecule has 2 aliphatic rings. The van der Waals surface area contributed by atoms with Crippen molar-refractivity contribution in [3.05, 3.63) is 59.7 Å². The summed E-state index contributed by atoms with van der Waals surface area (Å²) < 4.78 is 5.75. The first kappa shape index (κ1) is 11.1. The Labute approximate surface area is 113 Å². The van der Waals surface area contributed by atoms with Gasteiger partial charge >= 0.3 is 0 Å². The first-order valence-electron chi connectivity index (χ1n) is 6.95. The molecular weight excluding hydrogens is 234 g/mol. The van der Waals surface area contributed by atoms with Gasteiger partial charge in [-0.2, -0.15) is 0 Å². The van der Waals surface area contributed by atoms with Crippen LogP contribution in [0, 0.1) is 0 Å². The van der Waals surface area contributed by atoms with Gasteiger partial charge in [0.05, 0.1) is 0 Å². The molecule has 2 heterocycles. The Morgan fingerprint density at radius 1 is 0.895 bits per heavy atom. The van der Waals surface area contributed by atoms with E-state index in [1.54, 1.807) is 0 Å². The van der Waals surface area contributed by atoms with Gasteiger partial charge < -0.3 is 9.64 Å². The van der Waals surface area contributed by atoms with Gasteiger partial charge in [-0.3, -0.25) is 0 Å². The fourth-order valence-electron chi connectivity index (χ4n) is 3.03. The van der Waals surface area contributed by atoms with Gasteiger partial charge in [-0.25, -0.2) is 0 Å². The maximum absolute atomic E-state index is 5.75. The number of hydrogen-bond donors (Lipinski definition) is 0. The van der Waals surface area contributed by atoms with Crippen molar-refractivity contribution < 1.29 is 4.74 Å². The van der Waals surface area contributed by atoms with E-state index in [1.165, 1.54) is 22.5 Å². The number of rotatable bonds is 1. The van der Waals surface area contributed by atoms with Crippen LogP contribution in [0.25, 0.3) is 0 Å². The summed E-state index contributed by atoms with van der Waals surface area (Å²) >= 11 is 0. The van der Waals surface area contributed by atoms with Gasteiger partial charge in [-0.1, -0.05) is 36.4 Å². The smallest absolute Gasteiger partial charge is 0.161 e. The molecule has 4 rings (SSSR count). The Morgan fingerprint density at radius 3 is 1.84 bits per heavy atom. The minimum Gasteiger partial charge on any atom is -0.348 e. The number of ether oxygens (including phenoxy) is 1. The van der Waals surface area contributed by atoms with E-state index in [9.17, 15) is 0 Å². The summed E-state index contributed by atoms with van der Waals surface area (Å²) in [7, 11) is 0. The lowest BCUT2D eigenvalue weighted by molar-refractivity contribution is 0.380. The van der Waals surface area contributed by atoms with Crippen molar-refractivity contribution >= 4 is 11.4 Å². The zero-order valence-corrected chi connectivity index (χ0v) is 11.0. The van der Waals surface area contributed by atoms with Crippen LogP contribution in [0.1, 0.15) is 18.1 Å². The minimum absolute atomic E-state index is 0.195. The van der Waals surface area contributed by atoms with Crippen molar-refractivity contribution in [2.45, 2.75) is 32.1 Å². The van der Waals surface area contributed by atoms with E-state index < -0.39 is 0 Å². The molecule has 1 fully saturated rings. The predicted molar refractivity (Wildman–Crippen MR) is 76.8 cm³/mol. The van der Waals surface area contributed by atoms with Gasteiger partial charge in [0.2, 0.25) is 0 Å². The maximum Gasteiger partial charge on any atom is 0.161 e. The fourth-order valence-corrected chi connectivity index (χ4v) is 3.03. The van der Waals surface area contributed by atoms with E-state index in [0.29, 0.717) is 6.10 Å². The Balaban J connectivity index is 1.91. The standard InChI is InChI=1S/C17H17NO/c1-12-17(19-12)18-15-8-4-2-6-13(15)10-11-14-7-3-5-9-16(14)18/h2-9,12,17H,10-11H2,1H3. The van der Waals surface area contributed by atoms with E-state index in [0.717, 1.165) is 12.8 Å². The Kier molecular flexibility index (Phi) is 2.39. The van der Waals surface area contributed by atoms with Crippen molar-refractivity contribution in [1.29, 1.82) is 0 Å². The lowest BCUT2D eigenvalue weighted by atomic mass is 10.0. The van der Waals surface area contributed by atoms with Gasteiger partial charge in [0.1, 0.15) is 6.10 Å². The molecular formula is C17H17NO. The molecule has 96 valence electrons. The Morgan fingerprint density at radius 2 is 1.37 bits per heavy atom. The summed E-state index contributed by atoms with van der Waals surface area (Å²) in [6.07, 6.45) is 2.72. The highest BCUT2D eigenvalue weighted by atomic mass is 16.6. The summed E-state index contributed by atoms with van der Waals surface area (Å²) in [6.45, 7) is 2.14. The first-order chi connectivity index (χ1) is 9.34. The molecule has 0 spiro atoms. The lowest BCUT2D eigenvalue weighted by Crippen LogP contribution is -2.23. The third-order valence-electron chi connectivity index (χ3n) is 4.10. The van der Waals surface area contributed by atoms with Crippen LogP contribution in [0.5, 0.6) is 0 Å². The zero-order valence-electron chi connectivity index (χ0n) is 11.0. The number of nitrogens with zero attached hydrogens (tertiary/aromatic N) is 1. The molecule has 0 aromatic heterocycles. The van der Waals surface area contributed by atoms with Gasteiger partial charge in [-0.15, -0.1) is 0 Å². The number of anilines is 2. The molecule has 2 aromatic carbocycles. The molecule has 2 aliphatic heterocycles. The Hall–Kier alpha value is -1.80. The molecule has 1 saturated heterocycles. The average molecular weight is 251 g/mol. The monoisotopic (exact) mass is 251 g/mol. The lowest BCUT2D eigenvalue weighted by Gasteiger charge is -2.25. The second-order valence-corrected chi connectivity index (χ2v) is 5.36. The van der Waals surface area contributed by atoms with Crippen LogP contribution in [0.2, 0.25) is 0 Å². The fraction of sp³-hybridized carbons (Fsp3) is 0.294. The van der Waals surface area contributed by atoms with Gasteiger partial charge in [0.15, 0.2) is 6.23 Å². The number of para-hydroxylation sites is 2. The molecule has 2 nitrogen and oxygen atoms in total. The minimum atomic E-state index is 0.195. The molecule has 0 radical (unpaired) electrons. The predicted octanol–water partition coefficient (Wildman–Crippen LogP) is 3.67. The van der Waals surface area contributed by atoms with Crippen molar-refractivity contribution in [2.24, 2.45) is 0 Å². The molecule has 2 atom stereocenters. The topological polar surface area (TPSA) is 15.8 Å². The van der Waals surface area contributed by atoms with Crippen LogP contribution in [0.3, 0.4) is 0 Å². The number of aryl methyl sites for hydroxylation is 2. The summed E-state index contributed by atoms with van der Waals surface area (Å²) in [5, 5.41) is 0. The van der Waals surface area contributed by atoms with E-state index in [2.05, 4.69) is 60.4 Å². The van der Waals surface area contributed by atoms with Crippen LogP contribution < -0.4 is 4.90 Å². The zero-order chi connectivity index (χ0) is 12.8. The molecule has 2 unspecified atom stereocenters. The molecule has 2 heteroatoms. The van der Waals surface area contributed by atoms with Crippen LogP contribution in [0.4, 0.5) is 11.4 Å². The summed E-state index contributed by atoms with van der Waals surface area (Å²) in [4.78, 5) is 2.38. The summed E-state index contributed by atoms with van der Waals surface area (Å²) in [5.74, 6) is 0. The van der Waals surface area contributed by atoms with Crippen molar-refractivity contribution in [3.8, 4) is 0 Å². The van der Waals surface area contributed by atoms with E-state index in [1.807, 2.05) is 0 Å². The number of fused-ring (bicyclic) bond motifs is 2. The molecule has 0 aliphatic carbocycles. The number of benzene rings is 2. The normalized spacial score (nSPS) is 24.4. The maximum atomic E-state index is 5.75. The SMILES string of the molecule is CC1OC1N1c2ccccc2CCc2ccccc21. The third kappa shape index (κ3) is 1.75. The summed E-state index contributed by atoms with van der Waals surface area (Å²) in [6, 6.07) is 17.4. The van der Waals surface area contributed by atoms with Crippen LogP contribution in [-0.4, -0.2) is 12.3 Å². The van der Waals surface area contributed by atoms with Gasteiger partial charge in [-0.05, 0) is 43.0 Å². The van der Waals surface area contributed by atoms with Gasteiger partial charge in [0, 0.05) is 11.4 Å². The van der Waals surface area contributed by atoms with E-state index in [4.69, 9.17) is 4.74 Å². The quantitative estimate of drug-likeness (QED) is 0.719. The highest BCUT2D eigenvalue weighted by Crippen LogP contribution is 2.42. The van der Waals surface area contributed by atoms with Gasteiger partial charge in [0.25, 0.3) is 0 Å². The van der Waals surface area contributed by atoms with Crippen molar-refractivity contribution in [1.82, 2.24) is 0 Å². The number of hydrogen-bond acceptors (Lipinski definition) is 2. The van der Waals surface area contributed by atoms with E-state index in [-0.39, 0.29) is 6.23 Å². The number of epoxide rings is 1. The van der Waals surface area contributed by atoms with Crippen molar-refractivity contribution in [3.63, 3.8) is 0 Å². The second kappa shape index (κ2) is 4.10. The highest BCUT2D eigenvalue weighted by Gasteiger charge is 2.42. The molecule has 0 saturated carbocycles. The molecule has 0 amide bonds. The largest absolute Gasteiger partial charge is 0.348 e. The molecule has 19 heavy (non-hydrogen) atoms. The first-order valence-corrected chi connectivity index (χ1v) is 6.95.